The monoisotopic (exact) mass is 174 g/mol. The number of carbonyl (C=O) groups is 1. The average molecular weight is 174 g/mol. The lowest BCUT2D eigenvalue weighted by atomic mass is 9.82. The summed E-state index contributed by atoms with van der Waals surface area (Å²) in [7, 11) is 1.33. The molecule has 0 heterocycles. The van der Waals surface area contributed by atoms with Gasteiger partial charge in [-0.15, -0.1) is 0 Å². The van der Waals surface area contributed by atoms with Crippen LogP contribution in [0.25, 0.3) is 0 Å². The summed E-state index contributed by atoms with van der Waals surface area (Å²) in [4.78, 5) is 10.8. The van der Waals surface area contributed by atoms with E-state index in [9.17, 15) is 9.90 Å². The summed E-state index contributed by atoms with van der Waals surface area (Å²) in [6.45, 7) is 5.85. The van der Waals surface area contributed by atoms with E-state index in [2.05, 4.69) is 4.74 Å². The van der Waals surface area contributed by atoms with Crippen LogP contribution in [0.5, 0.6) is 0 Å². The van der Waals surface area contributed by atoms with Crippen molar-refractivity contribution in [3.8, 4) is 0 Å². The van der Waals surface area contributed by atoms with E-state index in [4.69, 9.17) is 0 Å². The lowest BCUT2D eigenvalue weighted by Gasteiger charge is -2.28. The van der Waals surface area contributed by atoms with Gasteiger partial charge in [0.15, 0.2) is 0 Å². The number of ether oxygens (including phenoxy) is 1. The van der Waals surface area contributed by atoms with Crippen molar-refractivity contribution < 1.29 is 14.6 Å². The Morgan fingerprint density at radius 2 is 2.08 bits per heavy atom. The van der Waals surface area contributed by atoms with Crippen molar-refractivity contribution >= 4 is 5.97 Å². The topological polar surface area (TPSA) is 46.5 Å². The van der Waals surface area contributed by atoms with E-state index in [-0.39, 0.29) is 17.8 Å². The molecule has 0 spiro atoms. The van der Waals surface area contributed by atoms with Crippen LogP contribution in [0, 0.1) is 5.41 Å². The largest absolute Gasteiger partial charge is 0.469 e. The SMILES string of the molecule is CCC(C)(C)[C@H](O)CC(=O)OC. The number of hydrogen-bond donors (Lipinski definition) is 1. The maximum absolute atomic E-state index is 10.8. The normalized spacial score (nSPS) is 14.1. The molecule has 0 unspecified atom stereocenters. The van der Waals surface area contributed by atoms with Crippen molar-refractivity contribution in [3.05, 3.63) is 0 Å². The van der Waals surface area contributed by atoms with Crippen LogP contribution in [0.4, 0.5) is 0 Å². The highest BCUT2D eigenvalue weighted by atomic mass is 16.5. The van der Waals surface area contributed by atoms with Gasteiger partial charge in [-0.2, -0.15) is 0 Å². The number of carbonyl (C=O) groups excluding carboxylic acids is 1. The van der Waals surface area contributed by atoms with Crippen molar-refractivity contribution in [2.24, 2.45) is 5.41 Å². The molecule has 0 rings (SSSR count). The molecular formula is C9H18O3. The minimum Gasteiger partial charge on any atom is -0.469 e. The van der Waals surface area contributed by atoms with E-state index < -0.39 is 6.10 Å². The molecule has 72 valence electrons. The molecule has 3 nitrogen and oxygen atoms in total. The predicted molar refractivity (Wildman–Crippen MR) is 46.7 cm³/mol. The van der Waals surface area contributed by atoms with Gasteiger partial charge >= 0.3 is 5.97 Å². The summed E-state index contributed by atoms with van der Waals surface area (Å²) < 4.78 is 4.46. The molecule has 0 aromatic heterocycles. The van der Waals surface area contributed by atoms with Crippen molar-refractivity contribution in [2.75, 3.05) is 7.11 Å². The zero-order chi connectivity index (χ0) is 9.78. The zero-order valence-electron chi connectivity index (χ0n) is 8.26. The third-order valence-electron chi connectivity index (χ3n) is 2.40. The first-order valence-corrected chi connectivity index (χ1v) is 4.19. The van der Waals surface area contributed by atoms with Gasteiger partial charge in [0.2, 0.25) is 0 Å². The molecule has 0 aromatic carbocycles. The molecule has 0 aliphatic carbocycles. The van der Waals surface area contributed by atoms with Crippen LogP contribution >= 0.6 is 0 Å². The van der Waals surface area contributed by atoms with Gasteiger partial charge < -0.3 is 9.84 Å². The fraction of sp³-hybridized carbons (Fsp3) is 0.889. The molecule has 0 radical (unpaired) electrons. The van der Waals surface area contributed by atoms with Gasteiger partial charge in [-0.1, -0.05) is 20.8 Å². The van der Waals surface area contributed by atoms with E-state index in [1.54, 1.807) is 0 Å². The van der Waals surface area contributed by atoms with Gasteiger partial charge in [-0.25, -0.2) is 0 Å². The second-order valence-electron chi connectivity index (χ2n) is 3.64. The molecule has 0 fully saturated rings. The zero-order valence-corrected chi connectivity index (χ0v) is 8.26. The first-order valence-electron chi connectivity index (χ1n) is 4.19. The highest BCUT2D eigenvalue weighted by Gasteiger charge is 2.27. The number of esters is 1. The van der Waals surface area contributed by atoms with Crippen LogP contribution in [-0.4, -0.2) is 24.3 Å². The summed E-state index contributed by atoms with van der Waals surface area (Å²) in [5.41, 5.74) is -0.214. The van der Waals surface area contributed by atoms with Crippen molar-refractivity contribution in [3.63, 3.8) is 0 Å². The summed E-state index contributed by atoms with van der Waals surface area (Å²) in [5, 5.41) is 9.58. The quantitative estimate of drug-likeness (QED) is 0.654. The molecule has 0 aromatic rings. The molecular weight excluding hydrogens is 156 g/mol. The minimum absolute atomic E-state index is 0.0807. The lowest BCUT2D eigenvalue weighted by molar-refractivity contribution is -0.144. The fourth-order valence-electron chi connectivity index (χ4n) is 0.753. The summed E-state index contributed by atoms with van der Waals surface area (Å²) in [6.07, 6.45) is 0.303. The summed E-state index contributed by atoms with van der Waals surface area (Å²) in [6, 6.07) is 0. The average Bonchev–Trinajstić information content (AvgIpc) is 2.04. The summed E-state index contributed by atoms with van der Waals surface area (Å²) in [5.74, 6) is -0.357. The first-order chi connectivity index (χ1) is 5.44. The van der Waals surface area contributed by atoms with Crippen LogP contribution in [-0.2, 0) is 9.53 Å². The molecule has 0 bridgehead atoms. The third-order valence-corrected chi connectivity index (χ3v) is 2.40. The Labute approximate surface area is 73.7 Å². The van der Waals surface area contributed by atoms with Crippen LogP contribution in [0.2, 0.25) is 0 Å². The van der Waals surface area contributed by atoms with E-state index in [0.717, 1.165) is 6.42 Å². The Kier molecular flexibility index (Phi) is 4.24. The molecule has 0 aliphatic heterocycles. The lowest BCUT2D eigenvalue weighted by Crippen LogP contribution is -2.31. The Hall–Kier alpha value is -0.570. The van der Waals surface area contributed by atoms with Crippen molar-refractivity contribution in [1.82, 2.24) is 0 Å². The number of rotatable bonds is 4. The number of hydrogen-bond acceptors (Lipinski definition) is 3. The fourth-order valence-corrected chi connectivity index (χ4v) is 0.753. The molecule has 12 heavy (non-hydrogen) atoms. The van der Waals surface area contributed by atoms with Crippen molar-refractivity contribution in [2.45, 2.75) is 39.7 Å². The van der Waals surface area contributed by atoms with Gasteiger partial charge in [0.05, 0.1) is 19.6 Å². The number of methoxy groups -OCH3 is 1. The predicted octanol–water partition coefficient (Wildman–Crippen LogP) is 1.35. The molecule has 0 aliphatic rings. The Morgan fingerprint density at radius 1 is 1.58 bits per heavy atom. The summed E-state index contributed by atoms with van der Waals surface area (Å²) >= 11 is 0. The highest BCUT2D eigenvalue weighted by Crippen LogP contribution is 2.26. The standard InChI is InChI=1S/C9H18O3/c1-5-9(2,3)7(10)6-8(11)12-4/h7,10H,5-6H2,1-4H3/t7-/m1/s1. The van der Waals surface area contributed by atoms with Gasteiger partial charge in [0.25, 0.3) is 0 Å². The molecule has 0 saturated heterocycles. The number of aliphatic hydroxyl groups excluding tert-OH is 1. The number of aliphatic hydroxyl groups is 1. The van der Waals surface area contributed by atoms with Gasteiger partial charge in [-0.3, -0.25) is 4.79 Å². The van der Waals surface area contributed by atoms with E-state index in [1.165, 1.54) is 7.11 Å². The maximum Gasteiger partial charge on any atom is 0.308 e. The molecule has 1 N–H and O–H groups in total. The second kappa shape index (κ2) is 4.45. The van der Waals surface area contributed by atoms with Crippen LogP contribution in [0.15, 0.2) is 0 Å². The minimum atomic E-state index is -0.616. The Morgan fingerprint density at radius 3 is 2.42 bits per heavy atom. The Balaban J connectivity index is 4.02. The van der Waals surface area contributed by atoms with Gasteiger partial charge in [0.1, 0.15) is 0 Å². The maximum atomic E-state index is 10.8. The van der Waals surface area contributed by atoms with Gasteiger partial charge in [-0.05, 0) is 11.8 Å². The Bertz CT molecular complexity index is 152. The van der Waals surface area contributed by atoms with E-state index in [0.29, 0.717) is 0 Å². The highest BCUT2D eigenvalue weighted by molar-refractivity contribution is 5.69. The third kappa shape index (κ3) is 3.22. The smallest absolute Gasteiger partial charge is 0.308 e. The second-order valence-corrected chi connectivity index (χ2v) is 3.64. The molecule has 0 amide bonds. The van der Waals surface area contributed by atoms with Crippen LogP contribution in [0.1, 0.15) is 33.6 Å². The first kappa shape index (κ1) is 11.4. The van der Waals surface area contributed by atoms with E-state index in [1.807, 2.05) is 20.8 Å². The molecule has 0 saturated carbocycles. The van der Waals surface area contributed by atoms with E-state index >= 15 is 0 Å². The molecule has 1 atom stereocenters. The van der Waals surface area contributed by atoms with Crippen LogP contribution < -0.4 is 0 Å². The van der Waals surface area contributed by atoms with Crippen molar-refractivity contribution in [1.29, 1.82) is 0 Å². The molecule has 3 heteroatoms. The van der Waals surface area contributed by atoms with Crippen LogP contribution in [0.3, 0.4) is 0 Å². The van der Waals surface area contributed by atoms with Gasteiger partial charge in [0, 0.05) is 0 Å².